The molecule has 0 aromatic rings. The highest BCUT2D eigenvalue weighted by Crippen LogP contribution is 2.44. The molecule has 1 heterocycles. The van der Waals surface area contributed by atoms with Gasteiger partial charge >= 0.3 is 6.18 Å². The first-order chi connectivity index (χ1) is 10.6. The number of rotatable bonds is 7. The van der Waals surface area contributed by atoms with E-state index in [4.69, 9.17) is 0 Å². The number of hydrogen-bond donors (Lipinski definition) is 0. The van der Waals surface area contributed by atoms with Crippen molar-refractivity contribution < 1.29 is 22.4 Å². The Bertz CT molecular complexity index is 399. The maximum Gasteiger partial charge on any atom is 0.400 e. The van der Waals surface area contributed by atoms with E-state index >= 15 is 0 Å². The van der Waals surface area contributed by atoms with E-state index in [9.17, 15) is 22.4 Å². The Balaban J connectivity index is 2.85. The fourth-order valence-corrected chi connectivity index (χ4v) is 3.66. The van der Waals surface area contributed by atoms with Gasteiger partial charge in [0, 0.05) is 12.5 Å². The van der Waals surface area contributed by atoms with Crippen molar-refractivity contribution in [3.05, 3.63) is 0 Å². The molecule has 2 nitrogen and oxygen atoms in total. The molecule has 1 fully saturated rings. The summed E-state index contributed by atoms with van der Waals surface area (Å²) in [6.45, 7) is 6.85. The van der Waals surface area contributed by atoms with Crippen LogP contribution in [-0.2, 0) is 4.79 Å². The fourth-order valence-electron chi connectivity index (χ4n) is 3.66. The summed E-state index contributed by atoms with van der Waals surface area (Å²) in [4.78, 5) is 13.1. The summed E-state index contributed by atoms with van der Waals surface area (Å²) in [5.74, 6) is -3.45. The first-order valence-electron chi connectivity index (χ1n) is 8.56. The number of unbranched alkanes of at least 4 members (excludes halogenated alkanes) is 1. The van der Waals surface area contributed by atoms with E-state index in [0.29, 0.717) is 0 Å². The molecule has 1 aliphatic rings. The zero-order valence-electron chi connectivity index (χ0n) is 14.5. The van der Waals surface area contributed by atoms with Gasteiger partial charge < -0.3 is 4.90 Å². The lowest BCUT2D eigenvalue weighted by Crippen LogP contribution is -2.41. The number of halogens is 4. The van der Waals surface area contributed by atoms with Crippen LogP contribution in [0.4, 0.5) is 17.6 Å². The van der Waals surface area contributed by atoms with Crippen LogP contribution in [0.1, 0.15) is 59.8 Å². The Labute approximate surface area is 136 Å². The zero-order chi connectivity index (χ0) is 17.8. The van der Waals surface area contributed by atoms with Gasteiger partial charge in [-0.1, -0.05) is 40.0 Å². The predicted octanol–water partition coefficient (Wildman–Crippen LogP) is 4.98. The molecular formula is C17H29F4NO. The van der Waals surface area contributed by atoms with Crippen LogP contribution in [0.25, 0.3) is 0 Å². The van der Waals surface area contributed by atoms with E-state index in [0.717, 1.165) is 43.9 Å². The predicted molar refractivity (Wildman–Crippen MR) is 82.7 cm³/mol. The highest BCUT2D eigenvalue weighted by atomic mass is 19.4. The average molecular weight is 339 g/mol. The molecule has 6 heteroatoms. The van der Waals surface area contributed by atoms with Gasteiger partial charge in [-0.3, -0.25) is 4.79 Å². The molecule has 1 saturated heterocycles. The SMILES string of the molecule is CCCC[C@](C)(CCC)[C@@H]1CN(C(=O)[C@H](C)C(F)(F)F)C[C@@H]1F. The Morgan fingerprint density at radius 3 is 2.26 bits per heavy atom. The van der Waals surface area contributed by atoms with Crippen LogP contribution in [-0.4, -0.2) is 36.2 Å². The first kappa shape index (κ1) is 20.2. The van der Waals surface area contributed by atoms with Crippen molar-refractivity contribution in [2.75, 3.05) is 13.1 Å². The van der Waals surface area contributed by atoms with Crippen LogP contribution < -0.4 is 0 Å². The standard InChI is InChI=1S/C17H29F4NO/c1-5-7-9-16(4,8-6-2)13-10-22(11-14(13)18)15(23)12(3)17(19,20)21/h12-14H,5-11H2,1-4H3/t12-,13+,14-,16-/m0/s1. The van der Waals surface area contributed by atoms with Gasteiger partial charge in [-0.2, -0.15) is 13.2 Å². The van der Waals surface area contributed by atoms with Crippen molar-refractivity contribution in [1.29, 1.82) is 0 Å². The fraction of sp³-hybridized carbons (Fsp3) is 0.941. The van der Waals surface area contributed by atoms with Gasteiger partial charge in [-0.05, 0) is 25.2 Å². The summed E-state index contributed by atoms with van der Waals surface area (Å²) in [5, 5.41) is 0. The number of carbonyl (C=O) groups is 1. The second-order valence-electron chi connectivity index (χ2n) is 7.14. The van der Waals surface area contributed by atoms with Crippen LogP contribution in [0.15, 0.2) is 0 Å². The first-order valence-corrected chi connectivity index (χ1v) is 8.56. The van der Waals surface area contributed by atoms with Gasteiger partial charge in [0.2, 0.25) is 5.91 Å². The van der Waals surface area contributed by atoms with Crippen molar-refractivity contribution in [3.8, 4) is 0 Å². The minimum atomic E-state index is -4.57. The minimum absolute atomic E-state index is 0.0979. The summed E-state index contributed by atoms with van der Waals surface area (Å²) >= 11 is 0. The van der Waals surface area contributed by atoms with Crippen molar-refractivity contribution in [2.45, 2.75) is 72.1 Å². The largest absolute Gasteiger partial charge is 0.400 e. The Morgan fingerprint density at radius 1 is 1.17 bits per heavy atom. The van der Waals surface area contributed by atoms with Crippen molar-refractivity contribution in [3.63, 3.8) is 0 Å². The van der Waals surface area contributed by atoms with Gasteiger partial charge in [-0.25, -0.2) is 4.39 Å². The Morgan fingerprint density at radius 2 is 1.78 bits per heavy atom. The molecule has 0 bridgehead atoms. The third-order valence-electron chi connectivity index (χ3n) is 5.24. The Hall–Kier alpha value is -0.810. The number of nitrogens with zero attached hydrogens (tertiary/aromatic N) is 1. The van der Waals surface area contributed by atoms with Crippen molar-refractivity contribution in [1.82, 2.24) is 4.90 Å². The molecule has 4 atom stereocenters. The molecule has 0 aromatic heterocycles. The molecule has 23 heavy (non-hydrogen) atoms. The average Bonchev–Trinajstić information content (AvgIpc) is 2.85. The molecular weight excluding hydrogens is 310 g/mol. The molecule has 0 aliphatic carbocycles. The highest BCUT2D eigenvalue weighted by Gasteiger charge is 2.49. The van der Waals surface area contributed by atoms with Crippen LogP contribution >= 0.6 is 0 Å². The lowest BCUT2D eigenvalue weighted by atomic mass is 9.69. The van der Waals surface area contributed by atoms with Gasteiger partial charge in [-0.15, -0.1) is 0 Å². The van der Waals surface area contributed by atoms with Gasteiger partial charge in [0.15, 0.2) is 0 Å². The third-order valence-corrected chi connectivity index (χ3v) is 5.24. The normalized spacial score (nSPS) is 26.2. The number of hydrogen-bond acceptors (Lipinski definition) is 1. The third kappa shape index (κ3) is 4.83. The number of likely N-dealkylation sites (tertiary alicyclic amines) is 1. The van der Waals surface area contributed by atoms with E-state index in [-0.39, 0.29) is 24.4 Å². The van der Waals surface area contributed by atoms with E-state index in [2.05, 4.69) is 6.92 Å². The molecule has 0 aromatic carbocycles. The summed E-state index contributed by atoms with van der Waals surface area (Å²) in [7, 11) is 0. The second-order valence-corrected chi connectivity index (χ2v) is 7.14. The molecule has 1 rings (SSSR count). The highest BCUT2D eigenvalue weighted by molar-refractivity contribution is 5.79. The van der Waals surface area contributed by atoms with E-state index in [1.54, 1.807) is 0 Å². The summed E-state index contributed by atoms with van der Waals surface area (Å²) in [6, 6.07) is 0. The molecule has 0 N–H and O–H groups in total. The second kappa shape index (κ2) is 7.84. The minimum Gasteiger partial charge on any atom is -0.339 e. The van der Waals surface area contributed by atoms with Crippen molar-refractivity contribution in [2.24, 2.45) is 17.3 Å². The van der Waals surface area contributed by atoms with E-state index in [1.807, 2.05) is 13.8 Å². The maximum absolute atomic E-state index is 14.5. The lowest BCUT2D eigenvalue weighted by molar-refractivity contribution is -0.185. The summed E-state index contributed by atoms with van der Waals surface area (Å²) in [5.41, 5.74) is -0.263. The monoisotopic (exact) mass is 339 g/mol. The number of amides is 1. The van der Waals surface area contributed by atoms with Gasteiger partial charge in [0.05, 0.1) is 6.54 Å². The van der Waals surface area contributed by atoms with Crippen molar-refractivity contribution >= 4 is 5.91 Å². The van der Waals surface area contributed by atoms with Crippen LogP contribution in [0.3, 0.4) is 0 Å². The number of alkyl halides is 4. The molecule has 1 amide bonds. The van der Waals surface area contributed by atoms with E-state index < -0.39 is 24.2 Å². The van der Waals surface area contributed by atoms with Gasteiger partial charge in [0.1, 0.15) is 12.1 Å². The molecule has 0 radical (unpaired) electrons. The van der Waals surface area contributed by atoms with Gasteiger partial charge in [0.25, 0.3) is 0 Å². The van der Waals surface area contributed by atoms with E-state index in [1.165, 1.54) is 0 Å². The zero-order valence-corrected chi connectivity index (χ0v) is 14.5. The quantitative estimate of drug-likeness (QED) is 0.599. The maximum atomic E-state index is 14.5. The topological polar surface area (TPSA) is 20.3 Å². The molecule has 0 saturated carbocycles. The van der Waals surface area contributed by atoms with Crippen LogP contribution in [0.5, 0.6) is 0 Å². The molecule has 1 aliphatic heterocycles. The number of carbonyl (C=O) groups excluding carboxylic acids is 1. The molecule has 136 valence electrons. The van der Waals surface area contributed by atoms with Crippen LogP contribution in [0, 0.1) is 17.3 Å². The lowest BCUT2D eigenvalue weighted by Gasteiger charge is -2.36. The van der Waals surface area contributed by atoms with Crippen LogP contribution in [0.2, 0.25) is 0 Å². The Kier molecular flexibility index (Phi) is 6.90. The summed E-state index contributed by atoms with van der Waals surface area (Å²) in [6.07, 6.45) is -1.28. The smallest absolute Gasteiger partial charge is 0.339 e. The summed E-state index contributed by atoms with van der Waals surface area (Å²) < 4.78 is 52.7. The molecule has 0 spiro atoms. The molecule has 0 unspecified atom stereocenters.